The highest BCUT2D eigenvalue weighted by atomic mass is 15.2. The second kappa shape index (κ2) is 15.6. The summed E-state index contributed by atoms with van der Waals surface area (Å²) in [6.07, 6.45) is 2.34. The molecule has 0 aromatic heterocycles. The number of nitrogens with zero attached hydrogens (tertiary/aromatic N) is 1. The van der Waals surface area contributed by atoms with E-state index in [4.69, 9.17) is 0 Å². The van der Waals surface area contributed by atoms with Crippen LogP contribution in [0.4, 0.5) is 28.4 Å². The van der Waals surface area contributed by atoms with Crippen molar-refractivity contribution >= 4 is 57.4 Å². The molecule has 1 heterocycles. The van der Waals surface area contributed by atoms with E-state index in [1.54, 1.807) is 0 Å². The van der Waals surface area contributed by atoms with Gasteiger partial charge in [0.1, 0.15) is 0 Å². The first-order valence-electron chi connectivity index (χ1n) is 22.9. The minimum absolute atomic E-state index is 0.0643. The Bertz CT molecular complexity index is 3200. The Morgan fingerprint density at radius 1 is 0.438 bits per heavy atom. The van der Waals surface area contributed by atoms with Crippen molar-refractivity contribution in [2.75, 3.05) is 10.2 Å². The summed E-state index contributed by atoms with van der Waals surface area (Å²) in [4.78, 5) is 2.63. The fourth-order valence-corrected chi connectivity index (χ4v) is 10.4. The van der Waals surface area contributed by atoms with Crippen LogP contribution in [-0.4, -0.2) is 7.28 Å². The predicted octanol–water partition coefficient (Wildman–Crippen LogP) is 15.1. The molecule has 9 aromatic carbocycles. The lowest BCUT2D eigenvalue weighted by atomic mass is 9.55. The topological polar surface area (TPSA) is 15.3 Å². The predicted molar refractivity (Wildman–Crippen MR) is 277 cm³/mol. The molecule has 0 bridgehead atoms. The number of hydrogen-bond acceptors (Lipinski definition) is 2. The van der Waals surface area contributed by atoms with Gasteiger partial charge in [0.05, 0.1) is 0 Å². The molecule has 2 aliphatic rings. The number of anilines is 5. The smallest absolute Gasteiger partial charge is 0.198 e. The minimum Gasteiger partial charge on any atom is -0.355 e. The van der Waals surface area contributed by atoms with Crippen molar-refractivity contribution in [3.63, 3.8) is 0 Å². The Balaban J connectivity index is 1.18. The van der Waals surface area contributed by atoms with Crippen molar-refractivity contribution in [2.24, 2.45) is 0 Å². The summed E-state index contributed by atoms with van der Waals surface area (Å²) in [5.74, 6) is 0. The second-order valence-corrected chi connectivity index (χ2v) is 19.4. The number of nitrogens with one attached hydrogen (secondary N) is 1. The average molecular weight is 825 g/mol. The molecular formula is C61H53BN2. The van der Waals surface area contributed by atoms with Gasteiger partial charge in [-0.2, -0.15) is 0 Å². The minimum atomic E-state index is 0.0643. The SMILES string of the molecule is Cc1ccc(-c2ccccc2)cc1N1c2cc3c(cc2Bc2c(-c4cc5ccccc5cc4Nc4ccc(-c5ccccc5)cc4)cc(-c4ccccc4)cc21)C(C)(C)CCC3(C)C. The molecule has 11 rings (SSSR count). The van der Waals surface area contributed by atoms with Gasteiger partial charge in [-0.15, -0.1) is 0 Å². The third-order valence-electron chi connectivity index (χ3n) is 14.2. The quantitative estimate of drug-likeness (QED) is 0.161. The molecule has 3 heteroatoms. The monoisotopic (exact) mass is 824 g/mol. The molecule has 0 atom stereocenters. The summed E-state index contributed by atoms with van der Waals surface area (Å²) < 4.78 is 0. The number of aryl methyl sites for hydroxylation is 1. The zero-order valence-electron chi connectivity index (χ0n) is 37.5. The zero-order chi connectivity index (χ0) is 43.6. The Kier molecular flexibility index (Phi) is 9.69. The van der Waals surface area contributed by atoms with Crippen LogP contribution in [0.2, 0.25) is 0 Å². The van der Waals surface area contributed by atoms with Gasteiger partial charge in [-0.25, -0.2) is 0 Å². The van der Waals surface area contributed by atoms with Crippen LogP contribution in [0.1, 0.15) is 57.2 Å². The lowest BCUT2D eigenvalue weighted by Gasteiger charge is -2.44. The molecule has 9 aromatic rings. The Morgan fingerprint density at radius 3 is 1.59 bits per heavy atom. The summed E-state index contributed by atoms with van der Waals surface area (Å²) in [5.41, 5.74) is 22.6. The van der Waals surface area contributed by atoms with E-state index in [9.17, 15) is 0 Å². The van der Waals surface area contributed by atoms with E-state index in [0.29, 0.717) is 0 Å². The zero-order valence-corrected chi connectivity index (χ0v) is 37.5. The van der Waals surface area contributed by atoms with Gasteiger partial charge in [-0.05, 0) is 151 Å². The summed E-state index contributed by atoms with van der Waals surface area (Å²) >= 11 is 0. The maximum atomic E-state index is 3.95. The maximum absolute atomic E-state index is 3.95. The van der Waals surface area contributed by atoms with Gasteiger partial charge in [0.15, 0.2) is 7.28 Å². The van der Waals surface area contributed by atoms with Crippen LogP contribution in [0.15, 0.2) is 194 Å². The first kappa shape index (κ1) is 39.7. The summed E-state index contributed by atoms with van der Waals surface area (Å²) in [5, 5.41) is 6.38. The van der Waals surface area contributed by atoms with E-state index in [1.807, 2.05) is 0 Å². The van der Waals surface area contributed by atoms with Crippen LogP contribution in [0.5, 0.6) is 0 Å². The fourth-order valence-electron chi connectivity index (χ4n) is 10.4. The molecule has 0 fully saturated rings. The molecule has 0 radical (unpaired) electrons. The van der Waals surface area contributed by atoms with Crippen LogP contribution in [0.3, 0.4) is 0 Å². The molecule has 1 N–H and O–H groups in total. The lowest BCUT2D eigenvalue weighted by Crippen LogP contribution is -2.44. The molecule has 64 heavy (non-hydrogen) atoms. The highest BCUT2D eigenvalue weighted by Gasteiger charge is 2.40. The first-order valence-corrected chi connectivity index (χ1v) is 22.9. The molecule has 0 unspecified atom stereocenters. The van der Waals surface area contributed by atoms with Crippen LogP contribution >= 0.6 is 0 Å². The molecular weight excluding hydrogens is 771 g/mol. The molecule has 2 nitrogen and oxygen atoms in total. The molecule has 0 spiro atoms. The molecule has 0 saturated heterocycles. The van der Waals surface area contributed by atoms with Gasteiger partial charge in [-0.3, -0.25) is 0 Å². The molecule has 0 amide bonds. The number of hydrogen-bond donors (Lipinski definition) is 1. The Labute approximate surface area is 379 Å². The number of benzene rings is 9. The maximum Gasteiger partial charge on any atom is 0.198 e. The van der Waals surface area contributed by atoms with E-state index < -0.39 is 0 Å². The summed E-state index contributed by atoms with van der Waals surface area (Å²) in [7, 11) is 0.824. The standard InChI is InChI=1S/C61H53BN2/c1-40-25-26-47(42-19-11-7-12-20-42)36-56(40)64-57-39-53-52(60(2,3)31-32-61(53,4)5)38-54(57)62-59-51(34-48(37-58(59)64)43-21-13-8-14-22-43)50-33-45-23-15-16-24-46(45)35-55(50)63-49-29-27-44(28-30-49)41-17-9-6-10-18-41/h6-30,33-39,62-63H,31-32H2,1-5H3. The number of rotatable bonds is 7. The summed E-state index contributed by atoms with van der Waals surface area (Å²) in [6, 6.07) is 71.9. The third-order valence-corrected chi connectivity index (χ3v) is 14.2. The molecule has 1 aliphatic heterocycles. The highest BCUT2D eigenvalue weighted by molar-refractivity contribution is 6.73. The van der Waals surface area contributed by atoms with Gasteiger partial charge in [0.2, 0.25) is 0 Å². The molecule has 0 saturated carbocycles. The van der Waals surface area contributed by atoms with Gasteiger partial charge in [-0.1, -0.05) is 179 Å². The van der Waals surface area contributed by atoms with Crippen molar-refractivity contribution in [2.45, 2.75) is 58.3 Å². The van der Waals surface area contributed by atoms with Crippen molar-refractivity contribution in [1.82, 2.24) is 0 Å². The third kappa shape index (κ3) is 7.10. The van der Waals surface area contributed by atoms with E-state index in [2.05, 4.69) is 239 Å². The van der Waals surface area contributed by atoms with Gasteiger partial charge in [0, 0.05) is 34.0 Å². The van der Waals surface area contributed by atoms with E-state index >= 15 is 0 Å². The van der Waals surface area contributed by atoms with Crippen molar-refractivity contribution in [1.29, 1.82) is 0 Å². The second-order valence-electron chi connectivity index (χ2n) is 19.4. The van der Waals surface area contributed by atoms with E-state index in [0.717, 1.165) is 18.7 Å². The number of fused-ring (bicyclic) bond motifs is 4. The molecule has 310 valence electrons. The Morgan fingerprint density at radius 2 is 0.953 bits per heavy atom. The lowest BCUT2D eigenvalue weighted by molar-refractivity contribution is 0.332. The molecule has 1 aliphatic carbocycles. The van der Waals surface area contributed by atoms with E-state index in [-0.39, 0.29) is 10.8 Å². The van der Waals surface area contributed by atoms with Crippen LogP contribution in [0.25, 0.3) is 55.3 Å². The van der Waals surface area contributed by atoms with Crippen LogP contribution in [0, 0.1) is 6.92 Å². The average Bonchev–Trinajstić information content (AvgIpc) is 3.33. The largest absolute Gasteiger partial charge is 0.355 e. The van der Waals surface area contributed by atoms with E-state index in [1.165, 1.54) is 113 Å². The normalized spacial score (nSPS) is 14.5. The van der Waals surface area contributed by atoms with Gasteiger partial charge < -0.3 is 10.2 Å². The fraction of sp³-hybridized carbons (Fsp3) is 0.148. The first-order chi connectivity index (χ1) is 31.1. The van der Waals surface area contributed by atoms with Crippen LogP contribution < -0.4 is 21.1 Å². The Hall–Kier alpha value is -7.10. The van der Waals surface area contributed by atoms with Crippen LogP contribution in [-0.2, 0) is 10.8 Å². The summed E-state index contributed by atoms with van der Waals surface area (Å²) in [6.45, 7) is 12.1. The highest BCUT2D eigenvalue weighted by Crippen LogP contribution is 2.50. The van der Waals surface area contributed by atoms with Crippen molar-refractivity contribution < 1.29 is 0 Å². The van der Waals surface area contributed by atoms with Gasteiger partial charge in [0.25, 0.3) is 0 Å². The van der Waals surface area contributed by atoms with Gasteiger partial charge >= 0.3 is 0 Å². The van der Waals surface area contributed by atoms with Crippen molar-refractivity contribution in [3.8, 4) is 44.5 Å². The van der Waals surface area contributed by atoms with Crippen molar-refractivity contribution in [3.05, 3.63) is 211 Å².